The maximum Gasteiger partial charge on any atom is 0.359 e. The minimum Gasteiger partial charge on any atom is -0.455 e. The van der Waals surface area contributed by atoms with Crippen LogP contribution < -0.4 is 0 Å². The van der Waals surface area contributed by atoms with Crippen molar-refractivity contribution in [3.8, 4) is 0 Å². The van der Waals surface area contributed by atoms with Crippen molar-refractivity contribution in [3.63, 3.8) is 0 Å². The summed E-state index contributed by atoms with van der Waals surface area (Å²) in [6.07, 6.45) is 1.51. The first kappa shape index (κ1) is 22.6. The molecule has 0 atom stereocenters. The van der Waals surface area contributed by atoms with Crippen molar-refractivity contribution in [2.45, 2.75) is 46.8 Å². The second-order valence-electron chi connectivity index (χ2n) is 7.68. The summed E-state index contributed by atoms with van der Waals surface area (Å²) >= 11 is 0. The molecule has 1 amide bonds. The van der Waals surface area contributed by atoms with Crippen molar-refractivity contribution >= 4 is 12.0 Å². The molecule has 1 aromatic carbocycles. The van der Waals surface area contributed by atoms with Crippen molar-refractivity contribution in [2.75, 3.05) is 26.2 Å². The van der Waals surface area contributed by atoms with Crippen molar-refractivity contribution in [3.05, 3.63) is 53.9 Å². The fourth-order valence-corrected chi connectivity index (χ4v) is 2.95. The molecular weight excluding hydrogens is 368 g/mol. The molecule has 7 heteroatoms. The van der Waals surface area contributed by atoms with E-state index >= 15 is 0 Å². The van der Waals surface area contributed by atoms with Crippen LogP contribution in [0.4, 0.5) is 4.79 Å². The van der Waals surface area contributed by atoms with E-state index in [-0.39, 0.29) is 11.7 Å². The highest BCUT2D eigenvalue weighted by Crippen LogP contribution is 2.12. The number of nitrogens with zero attached hydrogens (tertiary/aromatic N) is 4. The monoisotopic (exact) mass is 400 g/mol. The molecule has 0 bridgehead atoms. The Balaban J connectivity index is 0.00000145. The van der Waals surface area contributed by atoms with E-state index in [1.165, 1.54) is 22.5 Å². The van der Waals surface area contributed by atoms with Gasteiger partial charge in [-0.15, -0.1) is 0 Å². The van der Waals surface area contributed by atoms with Gasteiger partial charge in [-0.3, -0.25) is 4.90 Å². The number of piperazine rings is 1. The standard InChI is InChI=1S/C20H26N4O3.C2H6/c1-20(2,3)27-18(25)17-9-10-24(21-17)19(26)23-13-11-22(12-14-23)15-16-7-5-4-6-8-16;1-2/h4-10H,11-15H2,1-3H3;1-2H3. The van der Waals surface area contributed by atoms with Gasteiger partial charge in [0, 0.05) is 38.9 Å². The Kier molecular flexibility index (Phi) is 7.96. The largest absolute Gasteiger partial charge is 0.455 e. The van der Waals surface area contributed by atoms with Gasteiger partial charge in [0.25, 0.3) is 0 Å². The third-order valence-corrected chi connectivity index (χ3v) is 4.28. The summed E-state index contributed by atoms with van der Waals surface area (Å²) in [6, 6.07) is 11.6. The number of esters is 1. The van der Waals surface area contributed by atoms with Crippen LogP contribution in [0.25, 0.3) is 0 Å². The Morgan fingerprint density at radius 2 is 1.62 bits per heavy atom. The van der Waals surface area contributed by atoms with Crippen LogP contribution in [0.2, 0.25) is 0 Å². The highest BCUT2D eigenvalue weighted by atomic mass is 16.6. The Labute approximate surface area is 173 Å². The van der Waals surface area contributed by atoms with Gasteiger partial charge in [-0.2, -0.15) is 9.78 Å². The van der Waals surface area contributed by atoms with Gasteiger partial charge in [0.1, 0.15) is 5.60 Å². The van der Waals surface area contributed by atoms with Crippen LogP contribution in [0.15, 0.2) is 42.6 Å². The lowest BCUT2D eigenvalue weighted by molar-refractivity contribution is 0.00623. The van der Waals surface area contributed by atoms with Gasteiger partial charge in [0.15, 0.2) is 5.69 Å². The predicted octanol–water partition coefficient (Wildman–Crippen LogP) is 3.65. The number of hydrogen-bond acceptors (Lipinski definition) is 5. The lowest BCUT2D eigenvalue weighted by Crippen LogP contribution is -2.49. The lowest BCUT2D eigenvalue weighted by atomic mass is 10.2. The molecule has 0 aliphatic carbocycles. The third-order valence-electron chi connectivity index (χ3n) is 4.28. The summed E-state index contributed by atoms with van der Waals surface area (Å²) in [5, 5.41) is 4.09. The molecule has 1 aliphatic heterocycles. The number of aromatic nitrogens is 2. The molecule has 2 aromatic rings. The molecule has 1 saturated heterocycles. The zero-order chi connectivity index (χ0) is 21.4. The van der Waals surface area contributed by atoms with Crippen LogP contribution in [0.3, 0.4) is 0 Å². The molecular formula is C22H32N4O3. The van der Waals surface area contributed by atoms with Gasteiger partial charge in [0.05, 0.1) is 0 Å². The summed E-state index contributed by atoms with van der Waals surface area (Å²) in [4.78, 5) is 28.8. The number of amides is 1. The van der Waals surface area contributed by atoms with Gasteiger partial charge in [0.2, 0.25) is 0 Å². The first-order chi connectivity index (χ1) is 13.8. The topological polar surface area (TPSA) is 67.7 Å². The van der Waals surface area contributed by atoms with Gasteiger partial charge >= 0.3 is 12.0 Å². The van der Waals surface area contributed by atoms with E-state index in [1.54, 1.807) is 25.7 Å². The highest BCUT2D eigenvalue weighted by Gasteiger charge is 2.25. The second kappa shape index (κ2) is 10.2. The van der Waals surface area contributed by atoms with Crippen LogP contribution >= 0.6 is 0 Å². The summed E-state index contributed by atoms with van der Waals surface area (Å²) in [5.41, 5.74) is 0.812. The molecule has 2 heterocycles. The van der Waals surface area contributed by atoms with Gasteiger partial charge in [-0.25, -0.2) is 9.59 Å². The van der Waals surface area contributed by atoms with Crippen LogP contribution in [0.1, 0.15) is 50.7 Å². The first-order valence-electron chi connectivity index (χ1n) is 10.2. The quantitative estimate of drug-likeness (QED) is 0.736. The molecule has 0 unspecified atom stereocenters. The smallest absolute Gasteiger partial charge is 0.359 e. The molecule has 158 valence electrons. The molecule has 0 saturated carbocycles. The Morgan fingerprint density at radius 1 is 1.00 bits per heavy atom. The van der Waals surface area contributed by atoms with E-state index in [0.29, 0.717) is 13.1 Å². The van der Waals surface area contributed by atoms with E-state index in [4.69, 9.17) is 4.74 Å². The number of rotatable bonds is 3. The van der Waals surface area contributed by atoms with E-state index in [9.17, 15) is 9.59 Å². The molecule has 1 aromatic heterocycles. The number of hydrogen-bond donors (Lipinski definition) is 0. The number of ether oxygens (including phenoxy) is 1. The average Bonchev–Trinajstić information content (AvgIpc) is 3.20. The molecule has 0 N–H and O–H groups in total. The molecule has 3 rings (SSSR count). The molecule has 29 heavy (non-hydrogen) atoms. The maximum absolute atomic E-state index is 12.6. The third kappa shape index (κ3) is 6.71. The van der Waals surface area contributed by atoms with Crippen molar-refractivity contribution in [2.24, 2.45) is 0 Å². The minimum atomic E-state index is -0.597. The van der Waals surface area contributed by atoms with Crippen LogP contribution in [-0.4, -0.2) is 63.4 Å². The van der Waals surface area contributed by atoms with Crippen molar-refractivity contribution in [1.29, 1.82) is 0 Å². The lowest BCUT2D eigenvalue weighted by Gasteiger charge is -2.34. The highest BCUT2D eigenvalue weighted by molar-refractivity contribution is 5.88. The zero-order valence-electron chi connectivity index (χ0n) is 18.1. The summed E-state index contributed by atoms with van der Waals surface area (Å²) < 4.78 is 6.50. The molecule has 1 fully saturated rings. The van der Waals surface area contributed by atoms with Crippen molar-refractivity contribution in [1.82, 2.24) is 19.6 Å². The van der Waals surface area contributed by atoms with Crippen LogP contribution in [0.5, 0.6) is 0 Å². The van der Waals surface area contributed by atoms with Gasteiger partial charge in [-0.1, -0.05) is 44.2 Å². The number of carbonyl (C=O) groups excluding carboxylic acids is 2. The van der Waals surface area contributed by atoms with Gasteiger partial charge < -0.3 is 9.64 Å². The van der Waals surface area contributed by atoms with E-state index < -0.39 is 11.6 Å². The van der Waals surface area contributed by atoms with Crippen molar-refractivity contribution < 1.29 is 14.3 Å². The number of benzene rings is 1. The fourth-order valence-electron chi connectivity index (χ4n) is 2.95. The first-order valence-corrected chi connectivity index (χ1v) is 10.2. The predicted molar refractivity (Wildman–Crippen MR) is 113 cm³/mol. The Hall–Kier alpha value is -2.67. The van der Waals surface area contributed by atoms with E-state index in [0.717, 1.165) is 19.6 Å². The molecule has 1 aliphatic rings. The second-order valence-corrected chi connectivity index (χ2v) is 7.68. The van der Waals surface area contributed by atoms with E-state index in [2.05, 4.69) is 22.1 Å². The molecule has 0 radical (unpaired) electrons. The number of carbonyl (C=O) groups is 2. The molecule has 7 nitrogen and oxygen atoms in total. The van der Waals surface area contributed by atoms with Crippen LogP contribution in [-0.2, 0) is 11.3 Å². The summed E-state index contributed by atoms with van der Waals surface area (Å²) in [5.74, 6) is -0.526. The normalized spacial score (nSPS) is 14.7. The summed E-state index contributed by atoms with van der Waals surface area (Å²) in [6.45, 7) is 13.1. The van der Waals surface area contributed by atoms with Gasteiger partial charge in [-0.05, 0) is 32.4 Å². The zero-order valence-corrected chi connectivity index (χ0v) is 18.1. The SMILES string of the molecule is CC.CC(C)(C)OC(=O)c1ccn(C(=O)N2CCN(Cc3ccccc3)CC2)n1. The fraction of sp³-hybridized carbons (Fsp3) is 0.500. The Morgan fingerprint density at radius 3 is 2.21 bits per heavy atom. The minimum absolute atomic E-state index is 0.140. The maximum atomic E-state index is 12.6. The molecule has 0 spiro atoms. The average molecular weight is 401 g/mol. The van der Waals surface area contributed by atoms with E-state index in [1.807, 2.05) is 32.0 Å². The summed E-state index contributed by atoms with van der Waals surface area (Å²) in [7, 11) is 0. The van der Waals surface area contributed by atoms with Crippen LogP contribution in [0, 0.1) is 0 Å². The Bertz CT molecular complexity index is 788.